The number of aliphatic hydroxyl groups excluding tert-OH is 1. The minimum atomic E-state index is -0.865. The number of benzene rings is 2. The maximum absolute atomic E-state index is 10.7. The summed E-state index contributed by atoms with van der Waals surface area (Å²) in [6.45, 7) is 0.490. The monoisotopic (exact) mass is 271 g/mol. The lowest BCUT2D eigenvalue weighted by Crippen LogP contribution is -2.14. The topological polar surface area (TPSA) is 72.6 Å². The fraction of sp³-hybridized carbons (Fsp3) is 0.188. The van der Waals surface area contributed by atoms with E-state index in [9.17, 15) is 9.90 Å². The maximum Gasteiger partial charge on any atom is 0.220 e. The van der Waals surface area contributed by atoms with Gasteiger partial charge >= 0.3 is 0 Å². The Bertz CT molecular complexity index is 552. The average molecular weight is 271 g/mol. The van der Waals surface area contributed by atoms with E-state index in [1.807, 2.05) is 30.3 Å². The van der Waals surface area contributed by atoms with Crippen LogP contribution in [0.3, 0.4) is 0 Å². The molecule has 1 unspecified atom stereocenters. The molecular weight excluding hydrogens is 254 g/mol. The van der Waals surface area contributed by atoms with E-state index in [0.29, 0.717) is 17.9 Å². The third kappa shape index (κ3) is 4.10. The van der Waals surface area contributed by atoms with Crippen LogP contribution in [0.1, 0.15) is 23.7 Å². The molecule has 0 saturated heterocycles. The van der Waals surface area contributed by atoms with Crippen molar-refractivity contribution in [3.05, 3.63) is 65.7 Å². The lowest BCUT2D eigenvalue weighted by atomic mass is 10.1. The molecule has 4 heteroatoms. The molecule has 2 rings (SSSR count). The predicted octanol–water partition coefficient (Wildman–Crippen LogP) is 2.17. The molecule has 1 atom stereocenters. The number of primary amides is 1. The molecule has 0 aliphatic rings. The zero-order chi connectivity index (χ0) is 14.4. The second kappa shape index (κ2) is 6.73. The molecule has 0 aliphatic carbocycles. The molecule has 0 fully saturated rings. The summed E-state index contributed by atoms with van der Waals surface area (Å²) in [6, 6.07) is 16.9. The van der Waals surface area contributed by atoms with Gasteiger partial charge in [0.05, 0.1) is 12.5 Å². The molecule has 0 bridgehead atoms. The molecule has 4 nitrogen and oxygen atoms in total. The van der Waals surface area contributed by atoms with Crippen molar-refractivity contribution in [2.75, 3.05) is 0 Å². The zero-order valence-electron chi connectivity index (χ0n) is 11.0. The van der Waals surface area contributed by atoms with Crippen molar-refractivity contribution in [1.82, 2.24) is 0 Å². The van der Waals surface area contributed by atoms with Crippen molar-refractivity contribution in [3.63, 3.8) is 0 Å². The van der Waals surface area contributed by atoms with Gasteiger partial charge in [0, 0.05) is 0 Å². The Morgan fingerprint density at radius 1 is 1.10 bits per heavy atom. The molecule has 0 aliphatic heterocycles. The lowest BCUT2D eigenvalue weighted by molar-refractivity contribution is -0.119. The molecule has 0 spiro atoms. The van der Waals surface area contributed by atoms with Crippen LogP contribution in [-0.4, -0.2) is 11.0 Å². The molecule has 104 valence electrons. The maximum atomic E-state index is 10.7. The summed E-state index contributed by atoms with van der Waals surface area (Å²) < 4.78 is 5.63. The summed E-state index contributed by atoms with van der Waals surface area (Å²) in [5.41, 5.74) is 6.79. The smallest absolute Gasteiger partial charge is 0.220 e. The van der Waals surface area contributed by atoms with E-state index in [-0.39, 0.29) is 6.42 Å². The highest BCUT2D eigenvalue weighted by Gasteiger charge is 2.10. The first-order chi connectivity index (χ1) is 9.65. The minimum Gasteiger partial charge on any atom is -0.489 e. The third-order valence-corrected chi connectivity index (χ3v) is 2.91. The third-order valence-electron chi connectivity index (χ3n) is 2.91. The van der Waals surface area contributed by atoms with Gasteiger partial charge in [0.2, 0.25) is 5.91 Å². The molecule has 0 heterocycles. The number of nitrogens with two attached hydrogens (primary N) is 1. The normalized spacial score (nSPS) is 11.8. The number of carbonyl (C=O) groups is 1. The SMILES string of the molecule is NC(=O)CC(O)c1ccc(OCc2ccccc2)cc1. The minimum absolute atomic E-state index is 0.0791. The number of rotatable bonds is 6. The standard InChI is InChI=1S/C16H17NO3/c17-16(19)10-15(18)13-6-8-14(9-7-13)20-11-12-4-2-1-3-5-12/h1-9,15,18H,10-11H2,(H2,17,19). The fourth-order valence-electron chi connectivity index (χ4n) is 1.84. The average Bonchev–Trinajstić information content (AvgIpc) is 2.46. The Hall–Kier alpha value is -2.33. The quantitative estimate of drug-likeness (QED) is 0.845. The first-order valence-corrected chi connectivity index (χ1v) is 6.38. The van der Waals surface area contributed by atoms with E-state index in [1.165, 1.54) is 0 Å². The highest BCUT2D eigenvalue weighted by Crippen LogP contribution is 2.20. The number of hydrogen-bond donors (Lipinski definition) is 2. The summed E-state index contributed by atoms with van der Waals surface area (Å²) in [5, 5.41) is 9.75. The van der Waals surface area contributed by atoms with Crippen LogP contribution in [0.25, 0.3) is 0 Å². The lowest BCUT2D eigenvalue weighted by Gasteiger charge is -2.10. The van der Waals surface area contributed by atoms with Crippen molar-refractivity contribution in [2.24, 2.45) is 5.73 Å². The largest absolute Gasteiger partial charge is 0.489 e. The summed E-state index contributed by atoms with van der Waals surface area (Å²) in [4.78, 5) is 10.7. The summed E-state index contributed by atoms with van der Waals surface area (Å²) >= 11 is 0. The van der Waals surface area contributed by atoms with Gasteiger partial charge in [-0.2, -0.15) is 0 Å². The summed E-state index contributed by atoms with van der Waals surface area (Å²) in [5.74, 6) is 0.186. The molecule has 0 aromatic heterocycles. The van der Waals surface area contributed by atoms with E-state index >= 15 is 0 Å². The van der Waals surface area contributed by atoms with Crippen LogP contribution in [0.4, 0.5) is 0 Å². The van der Waals surface area contributed by atoms with Gasteiger partial charge in [0.25, 0.3) is 0 Å². The van der Waals surface area contributed by atoms with Gasteiger partial charge in [-0.1, -0.05) is 42.5 Å². The van der Waals surface area contributed by atoms with Gasteiger partial charge in [-0.3, -0.25) is 4.79 Å². The zero-order valence-corrected chi connectivity index (χ0v) is 11.0. The number of ether oxygens (including phenoxy) is 1. The van der Waals surface area contributed by atoms with E-state index in [2.05, 4.69) is 0 Å². The Morgan fingerprint density at radius 2 is 1.75 bits per heavy atom. The van der Waals surface area contributed by atoms with Crippen molar-refractivity contribution < 1.29 is 14.6 Å². The van der Waals surface area contributed by atoms with Gasteiger partial charge in [-0.25, -0.2) is 0 Å². The van der Waals surface area contributed by atoms with Crippen LogP contribution < -0.4 is 10.5 Å². The second-order valence-electron chi connectivity index (χ2n) is 4.53. The van der Waals surface area contributed by atoms with Crippen LogP contribution in [0.2, 0.25) is 0 Å². The van der Waals surface area contributed by atoms with Crippen LogP contribution in [0.15, 0.2) is 54.6 Å². The van der Waals surface area contributed by atoms with E-state index in [4.69, 9.17) is 10.5 Å². The molecule has 0 saturated carbocycles. The molecular formula is C16H17NO3. The van der Waals surface area contributed by atoms with Crippen LogP contribution in [0, 0.1) is 0 Å². The first kappa shape index (κ1) is 14.1. The highest BCUT2D eigenvalue weighted by atomic mass is 16.5. The van der Waals surface area contributed by atoms with Gasteiger partial charge in [-0.05, 0) is 23.3 Å². The molecule has 2 aromatic rings. The second-order valence-corrected chi connectivity index (χ2v) is 4.53. The highest BCUT2D eigenvalue weighted by molar-refractivity contribution is 5.74. The first-order valence-electron chi connectivity index (χ1n) is 6.38. The van der Waals surface area contributed by atoms with Crippen molar-refractivity contribution in [3.8, 4) is 5.75 Å². The van der Waals surface area contributed by atoms with Crippen LogP contribution >= 0.6 is 0 Å². The number of amides is 1. The van der Waals surface area contributed by atoms with Gasteiger partial charge in [-0.15, -0.1) is 0 Å². The molecule has 0 radical (unpaired) electrons. The number of carbonyl (C=O) groups excluding carboxylic acids is 1. The van der Waals surface area contributed by atoms with Gasteiger partial charge in [0.15, 0.2) is 0 Å². The summed E-state index contributed by atoms with van der Waals surface area (Å²) in [6.07, 6.45) is -0.944. The Balaban J connectivity index is 1.93. The predicted molar refractivity (Wildman–Crippen MR) is 76.0 cm³/mol. The molecule has 2 aromatic carbocycles. The van der Waals surface area contributed by atoms with Gasteiger partial charge < -0.3 is 15.6 Å². The molecule has 3 N–H and O–H groups in total. The van der Waals surface area contributed by atoms with E-state index in [1.54, 1.807) is 24.3 Å². The van der Waals surface area contributed by atoms with Crippen molar-refractivity contribution in [2.45, 2.75) is 19.1 Å². The number of aliphatic hydroxyl groups is 1. The molecule has 1 amide bonds. The summed E-state index contributed by atoms with van der Waals surface area (Å²) in [7, 11) is 0. The Kier molecular flexibility index (Phi) is 4.74. The van der Waals surface area contributed by atoms with Gasteiger partial charge in [0.1, 0.15) is 12.4 Å². The molecule has 20 heavy (non-hydrogen) atoms. The van der Waals surface area contributed by atoms with Crippen molar-refractivity contribution in [1.29, 1.82) is 0 Å². The number of hydrogen-bond acceptors (Lipinski definition) is 3. The van der Waals surface area contributed by atoms with Crippen molar-refractivity contribution >= 4 is 5.91 Å². The van der Waals surface area contributed by atoms with E-state index < -0.39 is 12.0 Å². The Labute approximate surface area is 117 Å². The Morgan fingerprint density at radius 3 is 2.35 bits per heavy atom. The fourth-order valence-corrected chi connectivity index (χ4v) is 1.84. The van der Waals surface area contributed by atoms with Crippen LogP contribution in [0.5, 0.6) is 5.75 Å². The van der Waals surface area contributed by atoms with Crippen LogP contribution in [-0.2, 0) is 11.4 Å². The van der Waals surface area contributed by atoms with E-state index in [0.717, 1.165) is 5.56 Å².